The molecule has 2 heterocycles. The molecule has 2 aliphatic heterocycles. The van der Waals surface area contributed by atoms with Crippen molar-refractivity contribution < 1.29 is 19.2 Å². The lowest BCUT2D eigenvalue weighted by atomic mass is 10.0. The van der Waals surface area contributed by atoms with Crippen molar-refractivity contribution in [1.82, 2.24) is 10.2 Å². The van der Waals surface area contributed by atoms with E-state index in [9.17, 15) is 19.2 Å². The standard InChI is InChI=1S/C26H38N4O4/c27-16-10-8-6-4-2-1-3-5-7-9-11-17-28-19-12-13-20-21(18-19)26(34)30(25(20)33)22-14-15-23(31)29-24(22)32/h12-13,18,22,28H,1-11,14-17,27H2,(H,29,31,32). The Bertz CT molecular complexity index is 886. The van der Waals surface area contributed by atoms with Gasteiger partial charge in [-0.1, -0.05) is 57.8 Å². The number of nitrogens with zero attached hydrogens (tertiary/aromatic N) is 1. The normalized spacial score (nSPS) is 17.8. The number of anilines is 1. The lowest BCUT2D eigenvalue weighted by molar-refractivity contribution is -0.136. The number of carbonyl (C=O) groups excluding carboxylic acids is 4. The molecule has 3 rings (SSSR count). The predicted octanol–water partition coefficient (Wildman–Crippen LogP) is 3.75. The number of piperidine rings is 1. The van der Waals surface area contributed by atoms with E-state index in [-0.39, 0.29) is 18.7 Å². The number of amides is 4. The molecule has 34 heavy (non-hydrogen) atoms. The average Bonchev–Trinajstić information content (AvgIpc) is 3.06. The third-order valence-corrected chi connectivity index (χ3v) is 6.65. The minimum atomic E-state index is -0.933. The fourth-order valence-corrected chi connectivity index (χ4v) is 4.67. The maximum absolute atomic E-state index is 12.9. The highest BCUT2D eigenvalue weighted by Gasteiger charge is 2.44. The van der Waals surface area contributed by atoms with Crippen LogP contribution >= 0.6 is 0 Å². The fraction of sp³-hybridized carbons (Fsp3) is 0.615. The van der Waals surface area contributed by atoms with E-state index in [0.717, 1.165) is 42.9 Å². The summed E-state index contributed by atoms with van der Waals surface area (Å²) in [5.41, 5.74) is 6.91. The van der Waals surface area contributed by atoms with E-state index in [0.29, 0.717) is 11.1 Å². The molecule has 1 fully saturated rings. The first-order chi connectivity index (χ1) is 16.5. The number of hydrogen-bond acceptors (Lipinski definition) is 6. The van der Waals surface area contributed by atoms with Gasteiger partial charge in [-0.3, -0.25) is 29.4 Å². The molecule has 0 bridgehead atoms. The largest absolute Gasteiger partial charge is 0.385 e. The summed E-state index contributed by atoms with van der Waals surface area (Å²) in [5, 5.41) is 5.55. The summed E-state index contributed by atoms with van der Waals surface area (Å²) >= 11 is 0. The number of imide groups is 2. The van der Waals surface area contributed by atoms with E-state index < -0.39 is 23.8 Å². The zero-order valence-electron chi connectivity index (χ0n) is 20.1. The van der Waals surface area contributed by atoms with Gasteiger partial charge in [0.05, 0.1) is 11.1 Å². The Morgan fingerprint density at radius 2 is 1.41 bits per heavy atom. The van der Waals surface area contributed by atoms with Gasteiger partial charge in [-0.05, 0) is 44.0 Å². The molecule has 1 aromatic carbocycles. The van der Waals surface area contributed by atoms with E-state index >= 15 is 0 Å². The molecule has 0 radical (unpaired) electrons. The van der Waals surface area contributed by atoms with Crippen LogP contribution in [0.15, 0.2) is 18.2 Å². The number of rotatable bonds is 15. The van der Waals surface area contributed by atoms with Crippen LogP contribution in [-0.2, 0) is 9.59 Å². The van der Waals surface area contributed by atoms with Crippen molar-refractivity contribution in [2.24, 2.45) is 5.73 Å². The second-order valence-corrected chi connectivity index (χ2v) is 9.31. The third kappa shape index (κ3) is 6.88. The van der Waals surface area contributed by atoms with Crippen LogP contribution in [0.25, 0.3) is 0 Å². The molecule has 0 saturated carbocycles. The van der Waals surface area contributed by atoms with Gasteiger partial charge in [-0.25, -0.2) is 0 Å². The molecule has 1 aromatic rings. The number of nitrogens with two attached hydrogens (primary N) is 1. The van der Waals surface area contributed by atoms with Crippen LogP contribution in [0.1, 0.15) is 104 Å². The number of hydrogen-bond donors (Lipinski definition) is 3. The van der Waals surface area contributed by atoms with Crippen molar-refractivity contribution in [3.05, 3.63) is 29.3 Å². The van der Waals surface area contributed by atoms with E-state index in [1.54, 1.807) is 18.2 Å². The second kappa shape index (κ2) is 13.2. The Hall–Kier alpha value is -2.74. The fourth-order valence-electron chi connectivity index (χ4n) is 4.67. The monoisotopic (exact) mass is 470 g/mol. The molecule has 2 aliphatic rings. The Kier molecular flexibility index (Phi) is 10.1. The van der Waals surface area contributed by atoms with Gasteiger partial charge < -0.3 is 11.1 Å². The van der Waals surface area contributed by atoms with E-state index in [1.807, 2.05) is 0 Å². The number of benzene rings is 1. The average molecular weight is 471 g/mol. The number of carbonyl (C=O) groups is 4. The molecule has 8 heteroatoms. The summed E-state index contributed by atoms with van der Waals surface area (Å²) in [6, 6.07) is 4.19. The maximum Gasteiger partial charge on any atom is 0.262 e. The molecule has 4 amide bonds. The SMILES string of the molecule is NCCCCCCCCCCCCCNc1ccc2c(c1)C(=O)N(C1CCC(=O)NC1=O)C2=O. The van der Waals surface area contributed by atoms with Gasteiger partial charge in [0.25, 0.3) is 11.8 Å². The number of unbranched alkanes of at least 4 members (excludes halogenated alkanes) is 10. The topological polar surface area (TPSA) is 122 Å². The minimum absolute atomic E-state index is 0.117. The number of fused-ring (bicyclic) bond motifs is 1. The molecule has 1 saturated heterocycles. The quantitative estimate of drug-likeness (QED) is 0.265. The number of nitrogens with one attached hydrogen (secondary N) is 2. The summed E-state index contributed by atoms with van der Waals surface area (Å²) in [6.07, 6.45) is 14.0. The van der Waals surface area contributed by atoms with Gasteiger partial charge in [0.2, 0.25) is 11.8 Å². The van der Waals surface area contributed by atoms with Gasteiger partial charge >= 0.3 is 0 Å². The molecule has 4 N–H and O–H groups in total. The van der Waals surface area contributed by atoms with Crippen molar-refractivity contribution in [1.29, 1.82) is 0 Å². The third-order valence-electron chi connectivity index (χ3n) is 6.65. The highest BCUT2D eigenvalue weighted by molar-refractivity contribution is 6.23. The molecule has 186 valence electrons. The van der Waals surface area contributed by atoms with Crippen molar-refractivity contribution in [3.8, 4) is 0 Å². The summed E-state index contributed by atoms with van der Waals surface area (Å²) in [7, 11) is 0. The van der Waals surface area contributed by atoms with Gasteiger partial charge in [0.1, 0.15) is 6.04 Å². The van der Waals surface area contributed by atoms with Crippen LogP contribution in [0.3, 0.4) is 0 Å². The summed E-state index contributed by atoms with van der Waals surface area (Å²) in [5.74, 6) is -1.92. The van der Waals surface area contributed by atoms with Gasteiger partial charge in [-0.15, -0.1) is 0 Å². The van der Waals surface area contributed by atoms with Crippen molar-refractivity contribution in [2.75, 3.05) is 18.4 Å². The molecule has 1 atom stereocenters. The smallest absolute Gasteiger partial charge is 0.262 e. The van der Waals surface area contributed by atoms with Gasteiger partial charge in [0, 0.05) is 18.7 Å². The maximum atomic E-state index is 12.9. The first-order valence-corrected chi connectivity index (χ1v) is 12.8. The molecular formula is C26H38N4O4. The molecular weight excluding hydrogens is 432 g/mol. The van der Waals surface area contributed by atoms with E-state index in [2.05, 4.69) is 10.6 Å². The zero-order chi connectivity index (χ0) is 24.3. The highest BCUT2D eigenvalue weighted by atomic mass is 16.2. The van der Waals surface area contributed by atoms with Crippen molar-refractivity contribution in [2.45, 2.75) is 89.5 Å². The Balaban J connectivity index is 1.34. The highest BCUT2D eigenvalue weighted by Crippen LogP contribution is 2.29. The first kappa shape index (κ1) is 25.9. The minimum Gasteiger partial charge on any atom is -0.385 e. The van der Waals surface area contributed by atoms with Crippen LogP contribution in [0.2, 0.25) is 0 Å². The Morgan fingerprint density at radius 1 is 0.824 bits per heavy atom. The van der Waals surface area contributed by atoms with Crippen LogP contribution in [0.5, 0.6) is 0 Å². The van der Waals surface area contributed by atoms with Crippen LogP contribution < -0.4 is 16.4 Å². The predicted molar refractivity (Wildman–Crippen MR) is 131 cm³/mol. The summed E-state index contributed by atoms with van der Waals surface area (Å²) in [4.78, 5) is 50.2. The van der Waals surface area contributed by atoms with Gasteiger partial charge in [-0.2, -0.15) is 0 Å². The molecule has 0 aromatic heterocycles. The van der Waals surface area contributed by atoms with Gasteiger partial charge in [0.15, 0.2) is 0 Å². The lowest BCUT2D eigenvalue weighted by Gasteiger charge is -2.27. The Morgan fingerprint density at radius 3 is 2.03 bits per heavy atom. The second-order valence-electron chi connectivity index (χ2n) is 9.31. The Labute approximate surface area is 202 Å². The van der Waals surface area contributed by atoms with E-state index in [1.165, 1.54) is 51.4 Å². The van der Waals surface area contributed by atoms with Crippen LogP contribution in [0.4, 0.5) is 5.69 Å². The molecule has 0 spiro atoms. The molecule has 8 nitrogen and oxygen atoms in total. The van der Waals surface area contributed by atoms with Crippen LogP contribution in [-0.4, -0.2) is 47.7 Å². The molecule has 1 unspecified atom stereocenters. The van der Waals surface area contributed by atoms with Crippen LogP contribution in [0, 0.1) is 0 Å². The van der Waals surface area contributed by atoms with Crippen molar-refractivity contribution >= 4 is 29.3 Å². The summed E-state index contributed by atoms with van der Waals surface area (Å²) in [6.45, 7) is 1.61. The molecule has 0 aliphatic carbocycles. The lowest BCUT2D eigenvalue weighted by Crippen LogP contribution is -2.54. The van der Waals surface area contributed by atoms with Crippen molar-refractivity contribution in [3.63, 3.8) is 0 Å². The first-order valence-electron chi connectivity index (χ1n) is 12.8. The van der Waals surface area contributed by atoms with E-state index in [4.69, 9.17) is 5.73 Å². The summed E-state index contributed by atoms with van der Waals surface area (Å²) < 4.78 is 0. The zero-order valence-corrected chi connectivity index (χ0v) is 20.1.